The molecule has 0 spiro atoms. The molecule has 7 heteroatoms. The summed E-state index contributed by atoms with van der Waals surface area (Å²) in [5.41, 5.74) is 0. The van der Waals surface area contributed by atoms with Gasteiger partial charge in [0.2, 0.25) is 11.8 Å². The van der Waals surface area contributed by atoms with E-state index in [0.29, 0.717) is 29.2 Å². The topological polar surface area (TPSA) is 84.2 Å². The Morgan fingerprint density at radius 3 is 2.52 bits per heavy atom. The Labute approximate surface area is 141 Å². The molecule has 2 unspecified atom stereocenters. The maximum Gasteiger partial charge on any atom is 0.235 e. The first kappa shape index (κ1) is 17.8. The van der Waals surface area contributed by atoms with E-state index in [2.05, 4.69) is 29.6 Å². The van der Waals surface area contributed by atoms with Crippen molar-refractivity contribution in [1.29, 1.82) is 0 Å². The third kappa shape index (κ3) is 5.57. The predicted octanol–water partition coefficient (Wildman–Crippen LogP) is 2.60. The average Bonchev–Trinajstić information content (AvgIpc) is 2.88. The third-order valence-electron chi connectivity index (χ3n) is 4.23. The monoisotopic (exact) mass is 339 g/mol. The molecule has 1 aliphatic rings. The molecule has 0 bridgehead atoms. The van der Waals surface area contributed by atoms with Crippen LogP contribution in [-0.2, 0) is 9.59 Å². The van der Waals surface area contributed by atoms with E-state index in [9.17, 15) is 9.59 Å². The molecule has 1 saturated carbocycles. The molecule has 1 aromatic rings. The summed E-state index contributed by atoms with van der Waals surface area (Å²) in [5, 5.41) is 9.46. The van der Waals surface area contributed by atoms with E-state index in [0.717, 1.165) is 0 Å². The SMILES string of the molecule is Cc1cc(NC(=O)CSCC(=O)NC2C(C)CCCC2C)no1. The van der Waals surface area contributed by atoms with Crippen LogP contribution in [0.4, 0.5) is 5.82 Å². The van der Waals surface area contributed by atoms with Crippen molar-refractivity contribution < 1.29 is 14.1 Å². The van der Waals surface area contributed by atoms with E-state index in [1.54, 1.807) is 13.0 Å². The summed E-state index contributed by atoms with van der Waals surface area (Å²) in [7, 11) is 0. The number of hydrogen-bond acceptors (Lipinski definition) is 5. The number of carbonyl (C=O) groups is 2. The molecule has 1 aliphatic carbocycles. The second-order valence-corrected chi connectivity index (χ2v) is 7.33. The number of nitrogens with one attached hydrogen (secondary N) is 2. The number of rotatable bonds is 6. The highest BCUT2D eigenvalue weighted by Gasteiger charge is 2.28. The Balaban J connectivity index is 1.67. The molecule has 0 aliphatic heterocycles. The number of hydrogen-bond donors (Lipinski definition) is 2. The Morgan fingerprint density at radius 1 is 1.26 bits per heavy atom. The van der Waals surface area contributed by atoms with Crippen LogP contribution in [0.5, 0.6) is 0 Å². The summed E-state index contributed by atoms with van der Waals surface area (Å²) >= 11 is 1.30. The van der Waals surface area contributed by atoms with Crippen molar-refractivity contribution in [2.75, 3.05) is 16.8 Å². The summed E-state index contributed by atoms with van der Waals surface area (Å²) in [6.45, 7) is 6.15. The van der Waals surface area contributed by atoms with Crippen LogP contribution in [0, 0.1) is 18.8 Å². The number of anilines is 1. The van der Waals surface area contributed by atoms with Crippen molar-refractivity contribution in [2.45, 2.75) is 46.1 Å². The van der Waals surface area contributed by atoms with Crippen LogP contribution in [0.25, 0.3) is 0 Å². The van der Waals surface area contributed by atoms with Gasteiger partial charge in [0.25, 0.3) is 0 Å². The minimum absolute atomic E-state index is 0.00526. The highest BCUT2D eigenvalue weighted by molar-refractivity contribution is 8.00. The van der Waals surface area contributed by atoms with Crippen LogP contribution in [0.2, 0.25) is 0 Å². The van der Waals surface area contributed by atoms with Gasteiger partial charge in [-0.2, -0.15) is 0 Å². The predicted molar refractivity (Wildman–Crippen MR) is 91.3 cm³/mol. The molecule has 2 amide bonds. The molecule has 2 N–H and O–H groups in total. The maximum atomic E-state index is 12.1. The molecule has 128 valence electrons. The highest BCUT2D eigenvalue weighted by atomic mass is 32.2. The number of carbonyl (C=O) groups excluding carboxylic acids is 2. The summed E-state index contributed by atoms with van der Waals surface area (Å²) in [6.07, 6.45) is 3.58. The average molecular weight is 339 g/mol. The van der Waals surface area contributed by atoms with Crippen LogP contribution in [0.1, 0.15) is 38.9 Å². The van der Waals surface area contributed by atoms with Gasteiger partial charge in [0, 0.05) is 12.1 Å². The molecule has 2 atom stereocenters. The minimum atomic E-state index is -0.185. The van der Waals surface area contributed by atoms with Crippen LogP contribution in [-0.4, -0.2) is 34.5 Å². The summed E-state index contributed by atoms with van der Waals surface area (Å²) in [5.74, 6) is 2.42. The summed E-state index contributed by atoms with van der Waals surface area (Å²) < 4.78 is 4.88. The van der Waals surface area contributed by atoms with Gasteiger partial charge in [0.15, 0.2) is 5.82 Å². The molecule has 1 aromatic heterocycles. The van der Waals surface area contributed by atoms with Crippen LogP contribution in [0.15, 0.2) is 10.6 Å². The second kappa shape index (κ2) is 8.38. The molecule has 23 heavy (non-hydrogen) atoms. The third-order valence-corrected chi connectivity index (χ3v) is 5.17. The van der Waals surface area contributed by atoms with E-state index in [1.165, 1.54) is 31.0 Å². The Morgan fingerprint density at radius 2 is 1.91 bits per heavy atom. The first-order valence-corrected chi connectivity index (χ1v) is 9.21. The first-order valence-electron chi connectivity index (χ1n) is 8.06. The fourth-order valence-electron chi connectivity index (χ4n) is 3.03. The minimum Gasteiger partial charge on any atom is -0.360 e. The smallest absolute Gasteiger partial charge is 0.235 e. The number of nitrogens with zero attached hydrogens (tertiary/aromatic N) is 1. The Kier molecular flexibility index (Phi) is 6.50. The molecule has 1 fully saturated rings. The van der Waals surface area contributed by atoms with Gasteiger partial charge in [-0.05, 0) is 31.6 Å². The van der Waals surface area contributed by atoms with E-state index >= 15 is 0 Å². The number of thioether (sulfide) groups is 1. The first-order chi connectivity index (χ1) is 11.0. The zero-order chi connectivity index (χ0) is 16.8. The van der Waals surface area contributed by atoms with E-state index in [1.807, 2.05) is 0 Å². The van der Waals surface area contributed by atoms with Crippen molar-refractivity contribution in [2.24, 2.45) is 11.8 Å². The van der Waals surface area contributed by atoms with Gasteiger partial charge < -0.3 is 15.2 Å². The highest BCUT2D eigenvalue weighted by Crippen LogP contribution is 2.28. The number of amides is 2. The van der Waals surface area contributed by atoms with Gasteiger partial charge >= 0.3 is 0 Å². The second-order valence-electron chi connectivity index (χ2n) is 6.34. The lowest BCUT2D eigenvalue weighted by Gasteiger charge is -2.35. The van der Waals surface area contributed by atoms with Crippen molar-refractivity contribution in [1.82, 2.24) is 10.5 Å². The Hall–Kier alpha value is -1.50. The van der Waals surface area contributed by atoms with Crippen LogP contribution in [0.3, 0.4) is 0 Å². The molecule has 1 heterocycles. The molecule has 0 saturated heterocycles. The van der Waals surface area contributed by atoms with Crippen LogP contribution >= 0.6 is 11.8 Å². The van der Waals surface area contributed by atoms with Gasteiger partial charge in [0.1, 0.15) is 5.76 Å². The van der Waals surface area contributed by atoms with Crippen molar-refractivity contribution >= 4 is 29.4 Å². The number of aryl methyl sites for hydroxylation is 1. The lowest BCUT2D eigenvalue weighted by atomic mass is 9.79. The molecular weight excluding hydrogens is 314 g/mol. The van der Waals surface area contributed by atoms with Crippen molar-refractivity contribution in [3.05, 3.63) is 11.8 Å². The van der Waals surface area contributed by atoms with Crippen LogP contribution < -0.4 is 10.6 Å². The van der Waals surface area contributed by atoms with Crippen molar-refractivity contribution in [3.63, 3.8) is 0 Å². The summed E-state index contributed by atoms with van der Waals surface area (Å²) in [4.78, 5) is 23.8. The van der Waals surface area contributed by atoms with Gasteiger partial charge in [-0.15, -0.1) is 11.8 Å². The van der Waals surface area contributed by atoms with E-state index in [4.69, 9.17) is 4.52 Å². The molecule has 6 nitrogen and oxygen atoms in total. The molecule has 0 radical (unpaired) electrons. The standard InChI is InChI=1S/C16H25N3O3S/c1-10-5-4-6-11(2)16(10)18-15(21)9-23-8-14(20)17-13-7-12(3)22-19-13/h7,10-11,16H,4-6,8-9H2,1-3H3,(H,18,21)(H,17,19,20). The zero-order valence-electron chi connectivity index (χ0n) is 13.9. The fourth-order valence-corrected chi connectivity index (χ4v) is 3.66. The lowest BCUT2D eigenvalue weighted by molar-refractivity contribution is -0.120. The normalized spacial score (nSPS) is 24.2. The Bertz CT molecular complexity index is 536. The van der Waals surface area contributed by atoms with Gasteiger partial charge in [-0.1, -0.05) is 25.4 Å². The van der Waals surface area contributed by atoms with Gasteiger partial charge in [0.05, 0.1) is 11.5 Å². The quantitative estimate of drug-likeness (QED) is 0.832. The largest absolute Gasteiger partial charge is 0.360 e. The van der Waals surface area contributed by atoms with Gasteiger partial charge in [-0.25, -0.2) is 0 Å². The molecule has 0 aromatic carbocycles. The fraction of sp³-hybridized carbons (Fsp3) is 0.688. The van der Waals surface area contributed by atoms with E-state index in [-0.39, 0.29) is 23.6 Å². The van der Waals surface area contributed by atoms with Crippen molar-refractivity contribution in [3.8, 4) is 0 Å². The zero-order valence-corrected chi connectivity index (χ0v) is 14.7. The summed E-state index contributed by atoms with van der Waals surface area (Å²) in [6, 6.07) is 1.91. The molecule has 2 rings (SSSR count). The van der Waals surface area contributed by atoms with Gasteiger partial charge in [-0.3, -0.25) is 9.59 Å². The lowest BCUT2D eigenvalue weighted by Crippen LogP contribution is -2.46. The maximum absolute atomic E-state index is 12.1. The van der Waals surface area contributed by atoms with E-state index < -0.39 is 0 Å². The number of aromatic nitrogens is 1. The molecular formula is C16H25N3O3S.